The molecule has 0 aliphatic carbocycles. The Morgan fingerprint density at radius 3 is 3.11 bits per heavy atom. The summed E-state index contributed by atoms with van der Waals surface area (Å²) in [5.74, 6) is 4.43. The highest BCUT2D eigenvalue weighted by molar-refractivity contribution is 7.99. The zero-order valence-corrected chi connectivity index (χ0v) is 12.6. The second kappa shape index (κ2) is 5.76. The fourth-order valence-corrected chi connectivity index (χ4v) is 4.69. The van der Waals surface area contributed by atoms with Crippen LogP contribution in [0, 0.1) is 12.8 Å². The van der Waals surface area contributed by atoms with Gasteiger partial charge in [0, 0.05) is 18.2 Å². The summed E-state index contributed by atoms with van der Waals surface area (Å²) in [7, 11) is 0. The van der Waals surface area contributed by atoms with Gasteiger partial charge in [0.15, 0.2) is 0 Å². The van der Waals surface area contributed by atoms with Crippen LogP contribution < -0.4 is 10.1 Å². The summed E-state index contributed by atoms with van der Waals surface area (Å²) < 4.78 is 6.11. The van der Waals surface area contributed by atoms with E-state index in [-0.39, 0.29) is 0 Å². The topological polar surface area (TPSA) is 21.3 Å². The van der Waals surface area contributed by atoms with Crippen molar-refractivity contribution in [1.82, 2.24) is 5.32 Å². The van der Waals surface area contributed by atoms with Gasteiger partial charge in [-0.15, -0.1) is 0 Å². The minimum Gasteiger partial charge on any atom is -0.490 e. The van der Waals surface area contributed by atoms with Crippen molar-refractivity contribution < 1.29 is 4.74 Å². The lowest BCUT2D eigenvalue weighted by molar-refractivity contribution is 0.189. The summed E-state index contributed by atoms with van der Waals surface area (Å²) in [5, 5.41) is 3.62. The molecule has 1 N–H and O–H groups in total. The van der Waals surface area contributed by atoms with E-state index in [4.69, 9.17) is 4.74 Å². The lowest BCUT2D eigenvalue weighted by Gasteiger charge is -2.22. The van der Waals surface area contributed by atoms with Crippen LogP contribution in [0.15, 0.2) is 18.2 Å². The molecule has 0 bridgehead atoms. The van der Waals surface area contributed by atoms with Gasteiger partial charge < -0.3 is 10.1 Å². The Morgan fingerprint density at radius 1 is 1.37 bits per heavy atom. The maximum Gasteiger partial charge on any atom is 0.123 e. The molecule has 0 aromatic heterocycles. The van der Waals surface area contributed by atoms with Crippen LogP contribution in [0.5, 0.6) is 5.75 Å². The van der Waals surface area contributed by atoms with Gasteiger partial charge in [0.05, 0.1) is 0 Å². The average molecular weight is 277 g/mol. The maximum absolute atomic E-state index is 6.11. The maximum atomic E-state index is 6.11. The van der Waals surface area contributed by atoms with Crippen molar-refractivity contribution in [3.8, 4) is 5.75 Å². The molecule has 2 nitrogen and oxygen atoms in total. The molecule has 0 spiro atoms. The summed E-state index contributed by atoms with van der Waals surface area (Å²) in [6.45, 7) is 5.43. The molecule has 1 fully saturated rings. The Hall–Kier alpha value is -0.670. The molecule has 19 heavy (non-hydrogen) atoms. The molecule has 3 rings (SSSR count). The van der Waals surface area contributed by atoms with Gasteiger partial charge in [-0.05, 0) is 43.2 Å². The standard InChI is InChI=1S/C16H23NOS/c1-3-17-15-10-19-9-13(15)8-14-7-12-6-11(2)4-5-16(12)18-14/h4-6,13-15,17H,3,7-10H2,1-2H3. The third-order valence-electron chi connectivity index (χ3n) is 4.19. The summed E-state index contributed by atoms with van der Waals surface area (Å²) in [6, 6.07) is 7.24. The van der Waals surface area contributed by atoms with Gasteiger partial charge in [0.2, 0.25) is 0 Å². The fraction of sp³-hybridized carbons (Fsp3) is 0.625. The van der Waals surface area contributed by atoms with Crippen molar-refractivity contribution in [1.29, 1.82) is 0 Å². The molecular formula is C16H23NOS. The number of fused-ring (bicyclic) bond motifs is 1. The van der Waals surface area contributed by atoms with E-state index in [0.29, 0.717) is 12.1 Å². The normalized spacial score (nSPS) is 29.3. The second-order valence-electron chi connectivity index (χ2n) is 5.75. The molecule has 3 atom stereocenters. The lowest BCUT2D eigenvalue weighted by Crippen LogP contribution is -2.37. The minimum absolute atomic E-state index is 0.390. The van der Waals surface area contributed by atoms with Crippen LogP contribution in [0.4, 0.5) is 0 Å². The quantitative estimate of drug-likeness (QED) is 0.914. The van der Waals surface area contributed by atoms with E-state index < -0.39 is 0 Å². The number of ether oxygens (including phenoxy) is 1. The molecule has 104 valence electrons. The summed E-state index contributed by atoms with van der Waals surface area (Å²) in [6.07, 6.45) is 2.68. The number of thioether (sulfide) groups is 1. The van der Waals surface area contributed by atoms with Crippen LogP contribution in [0.25, 0.3) is 0 Å². The number of hydrogen-bond donors (Lipinski definition) is 1. The van der Waals surface area contributed by atoms with Gasteiger partial charge >= 0.3 is 0 Å². The van der Waals surface area contributed by atoms with Crippen LogP contribution in [0.3, 0.4) is 0 Å². The van der Waals surface area contributed by atoms with Gasteiger partial charge in [-0.1, -0.05) is 24.6 Å². The molecule has 0 amide bonds. The van der Waals surface area contributed by atoms with Crippen molar-refractivity contribution in [2.45, 2.75) is 38.8 Å². The summed E-state index contributed by atoms with van der Waals surface area (Å²) in [5.41, 5.74) is 2.74. The molecule has 3 unspecified atom stereocenters. The van der Waals surface area contributed by atoms with E-state index in [1.54, 1.807) is 0 Å². The zero-order chi connectivity index (χ0) is 13.2. The smallest absolute Gasteiger partial charge is 0.123 e. The van der Waals surface area contributed by atoms with Gasteiger partial charge in [-0.3, -0.25) is 0 Å². The van der Waals surface area contributed by atoms with Crippen molar-refractivity contribution in [3.63, 3.8) is 0 Å². The molecule has 1 aromatic rings. The van der Waals surface area contributed by atoms with E-state index in [1.807, 2.05) is 0 Å². The first-order valence-corrected chi connectivity index (χ1v) is 8.49. The van der Waals surface area contributed by atoms with Crippen molar-refractivity contribution in [3.05, 3.63) is 29.3 Å². The Morgan fingerprint density at radius 2 is 2.26 bits per heavy atom. The molecule has 2 aliphatic rings. The third-order valence-corrected chi connectivity index (χ3v) is 5.45. The lowest BCUT2D eigenvalue weighted by atomic mass is 9.94. The van der Waals surface area contributed by atoms with Crippen molar-refractivity contribution in [2.75, 3.05) is 18.1 Å². The Bertz CT molecular complexity index is 448. The predicted octanol–water partition coefficient (Wildman–Crippen LogP) is 3.03. The van der Waals surface area contributed by atoms with Gasteiger partial charge in [0.25, 0.3) is 0 Å². The molecule has 0 radical (unpaired) electrons. The largest absolute Gasteiger partial charge is 0.490 e. The van der Waals surface area contributed by atoms with E-state index in [2.05, 4.69) is 49.1 Å². The number of hydrogen-bond acceptors (Lipinski definition) is 3. The van der Waals surface area contributed by atoms with E-state index in [1.165, 1.54) is 29.1 Å². The first-order chi connectivity index (χ1) is 9.26. The average Bonchev–Trinajstić information content (AvgIpc) is 2.97. The third kappa shape index (κ3) is 2.92. The van der Waals surface area contributed by atoms with Gasteiger partial charge in [-0.2, -0.15) is 11.8 Å². The highest BCUT2D eigenvalue weighted by Gasteiger charge is 2.32. The van der Waals surface area contributed by atoms with Gasteiger partial charge in [0.1, 0.15) is 11.9 Å². The zero-order valence-electron chi connectivity index (χ0n) is 11.8. The van der Waals surface area contributed by atoms with Crippen LogP contribution in [0.1, 0.15) is 24.5 Å². The molecule has 2 heterocycles. The molecular weight excluding hydrogens is 254 g/mol. The predicted molar refractivity (Wildman–Crippen MR) is 82.2 cm³/mol. The number of nitrogens with one attached hydrogen (secondary N) is 1. The van der Waals surface area contributed by atoms with Crippen molar-refractivity contribution in [2.24, 2.45) is 5.92 Å². The van der Waals surface area contributed by atoms with Crippen LogP contribution >= 0.6 is 11.8 Å². The Kier molecular flexibility index (Phi) is 4.04. The van der Waals surface area contributed by atoms with Gasteiger partial charge in [-0.25, -0.2) is 0 Å². The van der Waals surface area contributed by atoms with Crippen LogP contribution in [0.2, 0.25) is 0 Å². The summed E-state index contributed by atoms with van der Waals surface area (Å²) in [4.78, 5) is 0. The molecule has 2 aliphatic heterocycles. The Labute approximate surface area is 120 Å². The number of aryl methyl sites for hydroxylation is 1. The SMILES string of the molecule is CCNC1CSCC1CC1Cc2cc(C)ccc2O1. The number of rotatable bonds is 4. The first-order valence-electron chi connectivity index (χ1n) is 7.33. The highest BCUT2D eigenvalue weighted by Crippen LogP contribution is 2.35. The minimum atomic E-state index is 0.390. The highest BCUT2D eigenvalue weighted by atomic mass is 32.2. The van der Waals surface area contributed by atoms with E-state index in [0.717, 1.165) is 24.6 Å². The van der Waals surface area contributed by atoms with Crippen LogP contribution in [-0.2, 0) is 6.42 Å². The van der Waals surface area contributed by atoms with E-state index >= 15 is 0 Å². The first kappa shape index (κ1) is 13.3. The summed E-state index contributed by atoms with van der Waals surface area (Å²) >= 11 is 2.08. The molecule has 1 aromatic carbocycles. The molecule has 3 heteroatoms. The van der Waals surface area contributed by atoms with E-state index in [9.17, 15) is 0 Å². The second-order valence-corrected chi connectivity index (χ2v) is 6.83. The molecule has 1 saturated heterocycles. The Balaban J connectivity index is 1.61. The fourth-order valence-electron chi connectivity index (χ4n) is 3.24. The molecule has 0 saturated carbocycles. The van der Waals surface area contributed by atoms with Crippen molar-refractivity contribution >= 4 is 11.8 Å². The number of benzene rings is 1. The van der Waals surface area contributed by atoms with Crippen LogP contribution in [-0.4, -0.2) is 30.2 Å². The monoisotopic (exact) mass is 277 g/mol.